The Kier molecular flexibility index (Phi) is 6.52. The Morgan fingerprint density at radius 3 is 2.56 bits per heavy atom. The van der Waals surface area contributed by atoms with Crippen molar-refractivity contribution in [3.63, 3.8) is 0 Å². The molecule has 1 amide bonds. The SMILES string of the molecule is O=C1C[C@@H](c2nc3ccccc3n2C[C@@H](O)COc2ccc(Cl)cc2)CN1Cc1ccccc1. The van der Waals surface area contributed by atoms with Crippen molar-refractivity contribution < 1.29 is 14.6 Å². The molecule has 1 N–H and O–H groups in total. The third-order valence-corrected chi connectivity index (χ3v) is 6.38. The second-order valence-corrected chi connectivity index (χ2v) is 9.09. The van der Waals surface area contributed by atoms with E-state index in [4.69, 9.17) is 21.3 Å². The number of likely N-dealkylation sites (tertiary alicyclic amines) is 1. The molecule has 0 aliphatic carbocycles. The minimum atomic E-state index is -0.746. The van der Waals surface area contributed by atoms with Gasteiger partial charge in [-0.15, -0.1) is 0 Å². The zero-order chi connectivity index (χ0) is 23.5. The molecule has 0 unspecified atom stereocenters. The van der Waals surface area contributed by atoms with Crippen LogP contribution in [0.5, 0.6) is 5.75 Å². The lowest BCUT2D eigenvalue weighted by molar-refractivity contribution is -0.128. The fourth-order valence-corrected chi connectivity index (χ4v) is 4.61. The largest absolute Gasteiger partial charge is 0.491 e. The summed E-state index contributed by atoms with van der Waals surface area (Å²) in [6, 6.07) is 24.9. The molecule has 3 aromatic carbocycles. The predicted octanol–water partition coefficient (Wildman–Crippen LogP) is 4.65. The van der Waals surface area contributed by atoms with Crippen LogP contribution in [0, 0.1) is 0 Å². The summed E-state index contributed by atoms with van der Waals surface area (Å²) in [5.41, 5.74) is 2.91. The molecule has 0 bridgehead atoms. The minimum absolute atomic E-state index is 0.0343. The standard InChI is InChI=1S/C27H26ClN3O3/c28-21-10-12-23(13-11-21)34-18-22(32)17-31-25-9-5-4-8-24(25)29-27(31)20-14-26(33)30(16-20)15-19-6-2-1-3-7-19/h1-13,20,22,32H,14-18H2/t20-,22-/m1/s1. The number of aliphatic hydroxyl groups excluding tert-OH is 1. The molecule has 2 heterocycles. The third kappa shape index (κ3) is 4.93. The average molecular weight is 476 g/mol. The van der Waals surface area contributed by atoms with Gasteiger partial charge in [-0.05, 0) is 42.0 Å². The van der Waals surface area contributed by atoms with Crippen LogP contribution in [-0.4, -0.2) is 44.7 Å². The smallest absolute Gasteiger partial charge is 0.223 e. The second-order valence-electron chi connectivity index (χ2n) is 8.65. The Bertz CT molecular complexity index is 1270. The van der Waals surface area contributed by atoms with E-state index in [1.807, 2.05) is 64.1 Å². The summed E-state index contributed by atoms with van der Waals surface area (Å²) in [6.07, 6.45) is -0.336. The highest BCUT2D eigenvalue weighted by molar-refractivity contribution is 6.30. The number of carbonyl (C=O) groups excluding carboxylic acids is 1. The van der Waals surface area contributed by atoms with Gasteiger partial charge in [0.2, 0.25) is 5.91 Å². The van der Waals surface area contributed by atoms with Crippen molar-refractivity contribution in [2.75, 3.05) is 13.2 Å². The van der Waals surface area contributed by atoms with Gasteiger partial charge < -0.3 is 19.3 Å². The van der Waals surface area contributed by atoms with Crippen molar-refractivity contribution >= 4 is 28.5 Å². The topological polar surface area (TPSA) is 67.6 Å². The number of fused-ring (bicyclic) bond motifs is 1. The molecule has 0 spiro atoms. The van der Waals surface area contributed by atoms with Crippen LogP contribution >= 0.6 is 11.6 Å². The summed E-state index contributed by atoms with van der Waals surface area (Å²) < 4.78 is 7.78. The van der Waals surface area contributed by atoms with Crippen molar-refractivity contribution in [2.24, 2.45) is 0 Å². The first kappa shape index (κ1) is 22.4. The van der Waals surface area contributed by atoms with Crippen LogP contribution in [-0.2, 0) is 17.9 Å². The molecule has 7 heteroatoms. The van der Waals surface area contributed by atoms with Gasteiger partial charge in [0.15, 0.2) is 0 Å². The molecule has 1 fully saturated rings. The number of benzene rings is 3. The van der Waals surface area contributed by atoms with Crippen LogP contribution in [0.2, 0.25) is 5.02 Å². The maximum Gasteiger partial charge on any atom is 0.223 e. The number of hydrogen-bond donors (Lipinski definition) is 1. The second kappa shape index (κ2) is 9.87. The molecule has 1 saturated heterocycles. The number of imidazole rings is 1. The predicted molar refractivity (Wildman–Crippen MR) is 132 cm³/mol. The van der Waals surface area contributed by atoms with Gasteiger partial charge in [-0.2, -0.15) is 0 Å². The van der Waals surface area contributed by atoms with Gasteiger partial charge in [-0.25, -0.2) is 4.98 Å². The summed E-state index contributed by atoms with van der Waals surface area (Å²) in [4.78, 5) is 19.6. The number of halogens is 1. The van der Waals surface area contributed by atoms with E-state index in [1.54, 1.807) is 24.3 Å². The lowest BCUT2D eigenvalue weighted by atomic mass is 10.1. The van der Waals surface area contributed by atoms with Gasteiger partial charge in [-0.3, -0.25) is 4.79 Å². The average Bonchev–Trinajstić information content (AvgIpc) is 3.39. The first-order valence-corrected chi connectivity index (χ1v) is 11.8. The molecule has 34 heavy (non-hydrogen) atoms. The van der Waals surface area contributed by atoms with E-state index >= 15 is 0 Å². The highest BCUT2D eigenvalue weighted by Crippen LogP contribution is 2.31. The van der Waals surface area contributed by atoms with Gasteiger partial charge in [0, 0.05) is 30.5 Å². The molecular formula is C27H26ClN3O3. The highest BCUT2D eigenvalue weighted by atomic mass is 35.5. The molecule has 1 aliphatic heterocycles. The van der Waals surface area contributed by atoms with Crippen molar-refractivity contribution in [2.45, 2.75) is 31.5 Å². The number of ether oxygens (including phenoxy) is 1. The number of amides is 1. The number of aliphatic hydroxyl groups is 1. The summed E-state index contributed by atoms with van der Waals surface area (Å²) in [5.74, 6) is 1.57. The summed E-state index contributed by atoms with van der Waals surface area (Å²) >= 11 is 5.93. The van der Waals surface area contributed by atoms with Crippen LogP contribution in [0.1, 0.15) is 23.7 Å². The maximum absolute atomic E-state index is 12.8. The van der Waals surface area contributed by atoms with Gasteiger partial charge in [0.05, 0.1) is 17.6 Å². The number of hydrogen-bond acceptors (Lipinski definition) is 4. The van der Waals surface area contributed by atoms with Crippen LogP contribution < -0.4 is 4.74 Å². The number of nitrogens with zero attached hydrogens (tertiary/aromatic N) is 3. The van der Waals surface area contributed by atoms with Gasteiger partial charge in [-0.1, -0.05) is 54.1 Å². The lowest BCUT2D eigenvalue weighted by Crippen LogP contribution is -2.26. The van der Waals surface area contributed by atoms with Crippen LogP contribution in [0.25, 0.3) is 11.0 Å². The Morgan fingerprint density at radius 1 is 1.03 bits per heavy atom. The number of aromatic nitrogens is 2. The molecule has 6 nitrogen and oxygen atoms in total. The quantitative estimate of drug-likeness (QED) is 0.403. The van der Waals surface area contributed by atoms with Crippen molar-refractivity contribution in [1.82, 2.24) is 14.5 Å². The van der Waals surface area contributed by atoms with E-state index in [2.05, 4.69) is 0 Å². The Labute approximate surface area is 203 Å². The Hall–Kier alpha value is -3.35. The molecule has 5 rings (SSSR count). The van der Waals surface area contributed by atoms with Crippen molar-refractivity contribution in [3.05, 3.63) is 95.3 Å². The van der Waals surface area contributed by atoms with Crippen molar-refractivity contribution in [1.29, 1.82) is 0 Å². The molecule has 2 atom stereocenters. The fraction of sp³-hybridized carbons (Fsp3) is 0.259. The van der Waals surface area contributed by atoms with E-state index in [-0.39, 0.29) is 18.4 Å². The fourth-order valence-electron chi connectivity index (χ4n) is 4.49. The zero-order valence-electron chi connectivity index (χ0n) is 18.7. The van der Waals surface area contributed by atoms with Gasteiger partial charge in [0.25, 0.3) is 0 Å². The molecule has 174 valence electrons. The molecule has 1 aromatic heterocycles. The molecular weight excluding hydrogens is 450 g/mol. The lowest BCUT2D eigenvalue weighted by Gasteiger charge is -2.19. The molecule has 1 aliphatic rings. The first-order chi connectivity index (χ1) is 16.6. The van der Waals surface area contributed by atoms with E-state index < -0.39 is 6.10 Å². The maximum atomic E-state index is 12.8. The number of carbonyl (C=O) groups is 1. The minimum Gasteiger partial charge on any atom is -0.491 e. The number of rotatable bonds is 8. The van der Waals surface area contributed by atoms with Crippen LogP contribution in [0.15, 0.2) is 78.9 Å². The Morgan fingerprint density at radius 2 is 1.76 bits per heavy atom. The number of para-hydroxylation sites is 2. The van der Waals surface area contributed by atoms with Crippen molar-refractivity contribution in [3.8, 4) is 5.75 Å². The normalized spacial score (nSPS) is 16.8. The van der Waals surface area contributed by atoms with E-state index in [1.165, 1.54) is 0 Å². The molecule has 0 radical (unpaired) electrons. The van der Waals surface area contributed by atoms with Crippen LogP contribution in [0.4, 0.5) is 0 Å². The van der Waals surface area contributed by atoms with Crippen LogP contribution in [0.3, 0.4) is 0 Å². The summed E-state index contributed by atoms with van der Waals surface area (Å²) in [7, 11) is 0. The van der Waals surface area contributed by atoms with E-state index in [0.717, 1.165) is 22.4 Å². The molecule has 4 aromatic rings. The monoisotopic (exact) mass is 475 g/mol. The zero-order valence-corrected chi connectivity index (χ0v) is 19.4. The summed E-state index contributed by atoms with van der Waals surface area (Å²) in [6.45, 7) is 1.66. The molecule has 0 saturated carbocycles. The Balaban J connectivity index is 1.33. The first-order valence-electron chi connectivity index (χ1n) is 11.4. The highest BCUT2D eigenvalue weighted by Gasteiger charge is 2.34. The third-order valence-electron chi connectivity index (χ3n) is 6.13. The van der Waals surface area contributed by atoms with E-state index in [9.17, 15) is 9.90 Å². The van der Waals surface area contributed by atoms with Gasteiger partial charge >= 0.3 is 0 Å². The van der Waals surface area contributed by atoms with Gasteiger partial charge in [0.1, 0.15) is 24.3 Å². The van der Waals surface area contributed by atoms with E-state index in [0.29, 0.717) is 36.8 Å². The summed E-state index contributed by atoms with van der Waals surface area (Å²) in [5, 5.41) is 11.4.